The molecule has 2 unspecified atom stereocenters. The Balaban J connectivity index is 2.23. The number of nitrogens with one attached hydrogen (secondary N) is 3. The lowest BCUT2D eigenvalue weighted by molar-refractivity contribution is -0.388. The Kier molecular flexibility index (Phi) is 5.04. The lowest BCUT2D eigenvalue weighted by atomic mass is 9.81. The van der Waals surface area contributed by atoms with E-state index in [4.69, 9.17) is 0 Å². The molecule has 144 valence electrons. The highest BCUT2D eigenvalue weighted by atomic mass is 19.4. The first-order valence-corrected chi connectivity index (χ1v) is 7.94. The molecule has 0 saturated carbocycles. The fourth-order valence-electron chi connectivity index (χ4n) is 2.70. The van der Waals surface area contributed by atoms with Crippen molar-refractivity contribution in [1.29, 1.82) is 0 Å². The molecular formula is C16H21F3N4O3. The zero-order chi connectivity index (χ0) is 19.9. The highest BCUT2D eigenvalue weighted by Gasteiger charge is 2.45. The number of hydrogen-bond donors (Lipinski definition) is 3. The van der Waals surface area contributed by atoms with Gasteiger partial charge in [-0.2, -0.15) is 13.2 Å². The van der Waals surface area contributed by atoms with Gasteiger partial charge in [-0.15, -0.1) is 0 Å². The Hall–Kier alpha value is -2.20. The summed E-state index contributed by atoms with van der Waals surface area (Å²) in [4.78, 5) is 22.2. The lowest BCUT2D eigenvalue weighted by Crippen LogP contribution is -2.50. The smallest absolute Gasteiger partial charge is 0.324 e. The fraction of sp³-hybridized carbons (Fsp3) is 0.562. The predicted octanol–water partition coefficient (Wildman–Crippen LogP) is 3.22. The van der Waals surface area contributed by atoms with Gasteiger partial charge in [0.05, 0.1) is 4.92 Å². The highest BCUT2D eigenvalue weighted by molar-refractivity contribution is 5.98. The van der Waals surface area contributed by atoms with Crippen LogP contribution in [-0.4, -0.2) is 22.4 Å². The minimum atomic E-state index is -4.91. The average molecular weight is 374 g/mol. The second-order valence-corrected chi connectivity index (χ2v) is 7.67. The summed E-state index contributed by atoms with van der Waals surface area (Å²) in [6.07, 6.45) is -4.47. The molecule has 0 aliphatic carbocycles. The van der Waals surface area contributed by atoms with Gasteiger partial charge >= 0.3 is 6.18 Å². The number of amides is 1. The van der Waals surface area contributed by atoms with Crippen molar-refractivity contribution in [2.24, 2.45) is 5.41 Å². The van der Waals surface area contributed by atoms with E-state index in [0.717, 1.165) is 12.1 Å². The first-order chi connectivity index (χ1) is 11.7. The molecule has 0 bridgehead atoms. The minimum absolute atomic E-state index is 0.0131. The Labute approximate surface area is 148 Å². The normalized spacial score (nSPS) is 23.7. The summed E-state index contributed by atoms with van der Waals surface area (Å²) < 4.78 is 39.1. The summed E-state index contributed by atoms with van der Waals surface area (Å²) in [5.41, 5.74) is 2.15. The van der Waals surface area contributed by atoms with Crippen LogP contribution >= 0.6 is 0 Å². The molecule has 0 spiro atoms. The van der Waals surface area contributed by atoms with Gasteiger partial charge in [0.25, 0.3) is 5.69 Å². The summed E-state index contributed by atoms with van der Waals surface area (Å²) in [5.74, 6) is -0.529. The van der Waals surface area contributed by atoms with Crippen LogP contribution in [0.25, 0.3) is 0 Å². The van der Waals surface area contributed by atoms with Crippen molar-refractivity contribution >= 4 is 17.3 Å². The van der Waals surface area contributed by atoms with Crippen LogP contribution in [0.4, 0.5) is 24.5 Å². The SMILES string of the molecule is CC1(C(=O)Nc2ccc([N+](=O)[O-])c(C(F)(F)F)c2)CC(C(C)(C)C)NN1. The molecule has 10 heteroatoms. The molecule has 3 N–H and O–H groups in total. The van der Waals surface area contributed by atoms with Crippen LogP contribution in [-0.2, 0) is 11.0 Å². The van der Waals surface area contributed by atoms with Crippen LogP contribution < -0.4 is 16.2 Å². The predicted molar refractivity (Wildman–Crippen MR) is 89.3 cm³/mol. The highest BCUT2D eigenvalue weighted by Crippen LogP contribution is 2.38. The molecule has 0 radical (unpaired) electrons. The second kappa shape index (κ2) is 6.51. The van der Waals surface area contributed by atoms with E-state index in [9.17, 15) is 28.1 Å². The van der Waals surface area contributed by atoms with Crippen LogP contribution in [0.5, 0.6) is 0 Å². The molecule has 1 saturated heterocycles. The zero-order valence-corrected chi connectivity index (χ0v) is 14.8. The summed E-state index contributed by atoms with van der Waals surface area (Å²) in [6.45, 7) is 7.64. The van der Waals surface area contributed by atoms with Crippen LogP contribution in [0, 0.1) is 15.5 Å². The zero-order valence-electron chi connectivity index (χ0n) is 14.8. The van der Waals surface area contributed by atoms with Crippen molar-refractivity contribution in [1.82, 2.24) is 10.9 Å². The van der Waals surface area contributed by atoms with Crippen LogP contribution in [0.2, 0.25) is 0 Å². The van der Waals surface area contributed by atoms with Gasteiger partial charge in [-0.05, 0) is 30.9 Å². The van der Waals surface area contributed by atoms with Crippen LogP contribution in [0.15, 0.2) is 18.2 Å². The molecule has 7 nitrogen and oxygen atoms in total. The maximum atomic E-state index is 13.0. The van der Waals surface area contributed by atoms with E-state index in [0.29, 0.717) is 12.5 Å². The molecule has 1 aromatic rings. The van der Waals surface area contributed by atoms with E-state index in [1.54, 1.807) is 6.92 Å². The number of anilines is 1. The minimum Gasteiger partial charge on any atom is -0.324 e. The van der Waals surface area contributed by atoms with Gasteiger partial charge in [0.1, 0.15) is 11.1 Å². The quantitative estimate of drug-likeness (QED) is 0.558. The summed E-state index contributed by atoms with van der Waals surface area (Å²) >= 11 is 0. The number of hydrazine groups is 1. The van der Waals surface area contributed by atoms with Crippen molar-refractivity contribution in [3.8, 4) is 0 Å². The molecular weight excluding hydrogens is 353 g/mol. The monoisotopic (exact) mass is 374 g/mol. The molecule has 1 fully saturated rings. The fourth-order valence-corrected chi connectivity index (χ4v) is 2.70. The number of rotatable bonds is 3. The molecule has 1 aromatic carbocycles. The lowest BCUT2D eigenvalue weighted by Gasteiger charge is -2.27. The number of nitro groups is 1. The first kappa shape index (κ1) is 20.1. The molecule has 0 aromatic heterocycles. The van der Waals surface area contributed by atoms with E-state index < -0.39 is 33.8 Å². The number of benzene rings is 1. The molecule has 2 rings (SSSR count). The van der Waals surface area contributed by atoms with Crippen molar-refractivity contribution in [2.45, 2.75) is 51.9 Å². The average Bonchev–Trinajstić information content (AvgIpc) is 2.90. The summed E-state index contributed by atoms with van der Waals surface area (Å²) in [6, 6.07) is 2.38. The van der Waals surface area contributed by atoms with E-state index in [-0.39, 0.29) is 17.1 Å². The van der Waals surface area contributed by atoms with Gasteiger partial charge in [-0.1, -0.05) is 20.8 Å². The number of hydrogen-bond acceptors (Lipinski definition) is 5. The molecule has 1 amide bonds. The molecule has 2 atom stereocenters. The molecule has 26 heavy (non-hydrogen) atoms. The molecule has 1 aliphatic rings. The maximum absolute atomic E-state index is 13.0. The number of nitro benzene ring substituents is 1. The topological polar surface area (TPSA) is 96.3 Å². The van der Waals surface area contributed by atoms with Crippen LogP contribution in [0.1, 0.15) is 39.7 Å². The molecule has 1 heterocycles. The van der Waals surface area contributed by atoms with E-state index >= 15 is 0 Å². The standard InChI is InChI=1S/C16H21F3N4O3/c1-14(2,3)12-8-15(4,22-21-12)13(24)20-9-5-6-11(23(25)26)10(7-9)16(17,18)19/h5-7,12,21-22H,8H2,1-4H3,(H,20,24). The summed E-state index contributed by atoms with van der Waals surface area (Å²) in [5, 5.41) is 13.2. The van der Waals surface area contributed by atoms with Gasteiger partial charge in [0.15, 0.2) is 0 Å². The number of carbonyl (C=O) groups excluding carboxylic acids is 1. The Morgan fingerprint density at radius 3 is 2.42 bits per heavy atom. The van der Waals surface area contributed by atoms with E-state index in [1.165, 1.54) is 0 Å². The largest absolute Gasteiger partial charge is 0.423 e. The van der Waals surface area contributed by atoms with Crippen molar-refractivity contribution in [3.05, 3.63) is 33.9 Å². The summed E-state index contributed by atoms with van der Waals surface area (Å²) in [7, 11) is 0. The van der Waals surface area contributed by atoms with Gasteiger partial charge in [0.2, 0.25) is 5.91 Å². The number of alkyl halides is 3. The van der Waals surface area contributed by atoms with Gasteiger partial charge < -0.3 is 5.32 Å². The van der Waals surface area contributed by atoms with Crippen molar-refractivity contribution < 1.29 is 22.9 Å². The number of halogens is 3. The van der Waals surface area contributed by atoms with E-state index in [1.807, 2.05) is 20.8 Å². The van der Waals surface area contributed by atoms with Gasteiger partial charge in [-0.3, -0.25) is 20.3 Å². The Morgan fingerprint density at radius 1 is 1.35 bits per heavy atom. The Morgan fingerprint density at radius 2 is 1.96 bits per heavy atom. The van der Waals surface area contributed by atoms with E-state index in [2.05, 4.69) is 16.2 Å². The maximum Gasteiger partial charge on any atom is 0.423 e. The Bertz CT molecular complexity index is 730. The van der Waals surface area contributed by atoms with Crippen LogP contribution in [0.3, 0.4) is 0 Å². The first-order valence-electron chi connectivity index (χ1n) is 7.94. The second-order valence-electron chi connectivity index (χ2n) is 7.67. The molecule has 1 aliphatic heterocycles. The van der Waals surface area contributed by atoms with Gasteiger partial charge in [0, 0.05) is 17.8 Å². The third-order valence-electron chi connectivity index (χ3n) is 4.44. The van der Waals surface area contributed by atoms with Crippen molar-refractivity contribution in [3.63, 3.8) is 0 Å². The number of carbonyl (C=O) groups is 1. The third-order valence-corrected chi connectivity index (χ3v) is 4.44. The number of nitrogens with zero attached hydrogens (tertiary/aromatic N) is 1. The van der Waals surface area contributed by atoms with Crippen molar-refractivity contribution in [2.75, 3.05) is 5.32 Å². The van der Waals surface area contributed by atoms with Gasteiger partial charge in [-0.25, -0.2) is 5.43 Å². The third kappa shape index (κ3) is 4.13.